The summed E-state index contributed by atoms with van der Waals surface area (Å²) in [6, 6.07) is 0. The van der Waals surface area contributed by atoms with Crippen molar-refractivity contribution in [3.8, 4) is 0 Å². The summed E-state index contributed by atoms with van der Waals surface area (Å²) in [5.74, 6) is 2.78. The van der Waals surface area contributed by atoms with Gasteiger partial charge in [-0.2, -0.15) is 0 Å². The molecule has 2 aliphatic rings. The van der Waals surface area contributed by atoms with Crippen LogP contribution in [0.1, 0.15) is 52.4 Å². The third kappa shape index (κ3) is 8.91. The van der Waals surface area contributed by atoms with Gasteiger partial charge < -0.3 is 19.9 Å². The van der Waals surface area contributed by atoms with Crippen LogP contribution in [0.5, 0.6) is 0 Å². The molecular weight excluding hydrogens is 312 g/mol. The summed E-state index contributed by atoms with van der Waals surface area (Å²) in [5, 5.41) is 3.40. The van der Waals surface area contributed by atoms with Crippen LogP contribution >= 0.6 is 0 Å². The van der Waals surface area contributed by atoms with Crippen LogP contribution in [-0.4, -0.2) is 75.3 Å². The number of aliphatic imine (C=N–C) groups is 1. The van der Waals surface area contributed by atoms with Gasteiger partial charge in [0.25, 0.3) is 0 Å². The highest BCUT2D eigenvalue weighted by atomic mass is 16.5. The first-order chi connectivity index (χ1) is 12.2. The summed E-state index contributed by atoms with van der Waals surface area (Å²) >= 11 is 0. The molecule has 0 amide bonds. The van der Waals surface area contributed by atoms with Crippen molar-refractivity contribution in [1.29, 1.82) is 0 Å². The second-order valence-electron chi connectivity index (χ2n) is 7.91. The fourth-order valence-electron chi connectivity index (χ4n) is 3.23. The maximum atomic E-state index is 5.74. The van der Waals surface area contributed by atoms with E-state index in [2.05, 4.69) is 36.0 Å². The highest BCUT2D eigenvalue weighted by Gasteiger charge is 2.21. The van der Waals surface area contributed by atoms with Gasteiger partial charge in [-0.05, 0) is 76.9 Å². The van der Waals surface area contributed by atoms with Crippen LogP contribution in [0.15, 0.2) is 4.99 Å². The first-order valence-corrected chi connectivity index (χ1v) is 10.5. The Morgan fingerprint density at radius 3 is 2.64 bits per heavy atom. The lowest BCUT2D eigenvalue weighted by Gasteiger charge is -2.30. The molecule has 0 atom stereocenters. The number of ether oxygens (including phenoxy) is 1. The maximum Gasteiger partial charge on any atom is 0.193 e. The average molecular weight is 353 g/mol. The fraction of sp³-hybridized carbons (Fsp3) is 0.950. The number of nitrogens with one attached hydrogen (secondary N) is 1. The van der Waals surface area contributed by atoms with Gasteiger partial charge in [0.15, 0.2) is 5.96 Å². The SMILES string of the molecule is CCNC(=NCCCCN1CCC(C)CC1)N(C)CCOCC1CC1. The second kappa shape index (κ2) is 11.7. The van der Waals surface area contributed by atoms with Crippen LogP contribution in [0.4, 0.5) is 0 Å². The molecule has 1 N–H and O–H groups in total. The summed E-state index contributed by atoms with van der Waals surface area (Å²) in [7, 11) is 2.11. The molecule has 0 radical (unpaired) electrons. The lowest BCUT2D eigenvalue weighted by molar-refractivity contribution is 0.115. The van der Waals surface area contributed by atoms with E-state index >= 15 is 0 Å². The van der Waals surface area contributed by atoms with E-state index in [1.807, 2.05) is 0 Å². The standard InChI is InChI=1S/C20H40N4O/c1-4-21-20(23(3)15-16-25-17-19-7-8-19)22-11-5-6-12-24-13-9-18(2)10-14-24/h18-19H,4-17H2,1-3H3,(H,21,22). The Morgan fingerprint density at radius 1 is 1.20 bits per heavy atom. The lowest BCUT2D eigenvalue weighted by Crippen LogP contribution is -2.40. The number of likely N-dealkylation sites (N-methyl/N-ethyl adjacent to an activating group) is 1. The number of rotatable bonds is 11. The number of nitrogens with zero attached hydrogens (tertiary/aromatic N) is 3. The Labute approximate surface area is 155 Å². The Morgan fingerprint density at radius 2 is 1.96 bits per heavy atom. The minimum Gasteiger partial charge on any atom is -0.379 e. The van der Waals surface area contributed by atoms with E-state index in [0.717, 1.165) is 50.6 Å². The lowest BCUT2D eigenvalue weighted by atomic mass is 9.99. The molecule has 0 unspecified atom stereocenters. The summed E-state index contributed by atoms with van der Waals surface area (Å²) in [6.45, 7) is 12.8. The maximum absolute atomic E-state index is 5.74. The van der Waals surface area contributed by atoms with Crippen molar-refractivity contribution >= 4 is 5.96 Å². The predicted molar refractivity (Wildman–Crippen MR) is 106 cm³/mol. The monoisotopic (exact) mass is 352 g/mol. The molecule has 0 spiro atoms. The number of likely N-dealkylation sites (tertiary alicyclic amines) is 1. The van der Waals surface area contributed by atoms with Crippen molar-refractivity contribution in [2.45, 2.75) is 52.4 Å². The van der Waals surface area contributed by atoms with Gasteiger partial charge >= 0.3 is 0 Å². The topological polar surface area (TPSA) is 40.1 Å². The smallest absolute Gasteiger partial charge is 0.193 e. The number of hydrogen-bond donors (Lipinski definition) is 1. The van der Waals surface area contributed by atoms with E-state index in [9.17, 15) is 0 Å². The highest BCUT2D eigenvalue weighted by Crippen LogP contribution is 2.28. The van der Waals surface area contributed by atoms with Crippen LogP contribution < -0.4 is 5.32 Å². The first-order valence-electron chi connectivity index (χ1n) is 10.5. The highest BCUT2D eigenvalue weighted by molar-refractivity contribution is 5.79. The molecule has 146 valence electrons. The molecule has 1 aliphatic carbocycles. The molecule has 0 aromatic rings. The van der Waals surface area contributed by atoms with Crippen LogP contribution in [0, 0.1) is 11.8 Å². The van der Waals surface area contributed by atoms with Crippen LogP contribution in [-0.2, 0) is 4.74 Å². The third-order valence-electron chi connectivity index (χ3n) is 5.34. The molecule has 1 saturated carbocycles. The van der Waals surface area contributed by atoms with E-state index in [1.165, 1.54) is 58.2 Å². The molecule has 1 aliphatic heterocycles. The van der Waals surface area contributed by atoms with Crippen molar-refractivity contribution in [2.24, 2.45) is 16.8 Å². The molecule has 5 nitrogen and oxygen atoms in total. The Hall–Kier alpha value is -0.810. The Kier molecular flexibility index (Phi) is 9.63. The summed E-state index contributed by atoms with van der Waals surface area (Å²) in [5.41, 5.74) is 0. The summed E-state index contributed by atoms with van der Waals surface area (Å²) < 4.78 is 5.74. The molecule has 2 rings (SSSR count). The number of guanidine groups is 1. The Bertz CT molecular complexity index is 376. The molecule has 5 heteroatoms. The summed E-state index contributed by atoms with van der Waals surface area (Å²) in [4.78, 5) is 9.61. The van der Waals surface area contributed by atoms with Crippen LogP contribution in [0.25, 0.3) is 0 Å². The number of unbranched alkanes of at least 4 members (excludes halogenated alkanes) is 1. The third-order valence-corrected chi connectivity index (χ3v) is 5.34. The van der Waals surface area contributed by atoms with Gasteiger partial charge in [-0.3, -0.25) is 4.99 Å². The molecular formula is C20H40N4O. The minimum atomic E-state index is 0.796. The van der Waals surface area contributed by atoms with E-state index in [1.54, 1.807) is 0 Å². The number of hydrogen-bond acceptors (Lipinski definition) is 3. The average Bonchev–Trinajstić information content (AvgIpc) is 3.43. The second-order valence-corrected chi connectivity index (χ2v) is 7.91. The molecule has 0 aromatic heterocycles. The first kappa shape index (κ1) is 20.5. The molecule has 0 bridgehead atoms. The largest absolute Gasteiger partial charge is 0.379 e. The molecule has 25 heavy (non-hydrogen) atoms. The fourth-order valence-corrected chi connectivity index (χ4v) is 3.23. The van der Waals surface area contributed by atoms with Gasteiger partial charge in [-0.25, -0.2) is 0 Å². The zero-order valence-electron chi connectivity index (χ0n) is 16.8. The molecule has 1 heterocycles. The van der Waals surface area contributed by atoms with Crippen molar-refractivity contribution in [3.05, 3.63) is 0 Å². The molecule has 0 aromatic carbocycles. The van der Waals surface area contributed by atoms with Gasteiger partial charge in [-0.15, -0.1) is 0 Å². The van der Waals surface area contributed by atoms with Crippen molar-refractivity contribution < 1.29 is 4.74 Å². The van der Waals surface area contributed by atoms with E-state index in [0.29, 0.717) is 0 Å². The van der Waals surface area contributed by atoms with Crippen molar-refractivity contribution in [1.82, 2.24) is 15.1 Å². The number of piperidine rings is 1. The zero-order chi connectivity index (χ0) is 17.9. The Balaban J connectivity index is 1.57. The van der Waals surface area contributed by atoms with E-state index in [4.69, 9.17) is 9.73 Å². The molecule has 1 saturated heterocycles. The van der Waals surface area contributed by atoms with Crippen LogP contribution in [0.2, 0.25) is 0 Å². The van der Waals surface area contributed by atoms with E-state index < -0.39 is 0 Å². The van der Waals surface area contributed by atoms with Gasteiger partial charge in [0.1, 0.15) is 0 Å². The van der Waals surface area contributed by atoms with E-state index in [-0.39, 0.29) is 0 Å². The quantitative estimate of drug-likeness (QED) is 0.353. The van der Waals surface area contributed by atoms with Gasteiger partial charge in [-0.1, -0.05) is 6.92 Å². The zero-order valence-corrected chi connectivity index (χ0v) is 16.8. The van der Waals surface area contributed by atoms with Crippen LogP contribution in [0.3, 0.4) is 0 Å². The molecule has 2 fully saturated rings. The predicted octanol–water partition coefficient (Wildman–Crippen LogP) is 2.82. The van der Waals surface area contributed by atoms with Gasteiger partial charge in [0.05, 0.1) is 6.61 Å². The van der Waals surface area contributed by atoms with Gasteiger partial charge in [0, 0.05) is 33.3 Å². The summed E-state index contributed by atoms with van der Waals surface area (Å²) in [6.07, 6.45) is 7.89. The normalized spacial score (nSPS) is 20.0. The minimum absolute atomic E-state index is 0.796. The van der Waals surface area contributed by atoms with Gasteiger partial charge in [0.2, 0.25) is 0 Å². The van der Waals surface area contributed by atoms with Crippen molar-refractivity contribution in [2.75, 3.05) is 59.5 Å². The van der Waals surface area contributed by atoms with Crippen molar-refractivity contribution in [3.63, 3.8) is 0 Å².